The first-order valence-electron chi connectivity index (χ1n) is 9.37. The highest BCUT2D eigenvalue weighted by molar-refractivity contribution is 5.93. The summed E-state index contributed by atoms with van der Waals surface area (Å²) in [6.07, 6.45) is -0.586. The number of anilines is 1. The Hall–Kier alpha value is -4.02. The summed E-state index contributed by atoms with van der Waals surface area (Å²) in [5, 5.41) is 6.42. The molecule has 0 saturated carbocycles. The highest BCUT2D eigenvalue weighted by atomic mass is 19.1. The quantitative estimate of drug-likeness (QED) is 0.584. The number of nitrogens with two attached hydrogens (primary N) is 1. The standard InChI is InChI=1S/C21H20F2N4O5/c1-21(2,3)31-20(29)25-12-6-4-11(5-7-12)19-26-15(32-27-19)10-30-14-9-8-13(22)16(17(14)23)18(24)28/h4-9H,10H2,1-3H3,(H2,24,28)(H,25,29). The van der Waals surface area contributed by atoms with Crippen LogP contribution in [-0.4, -0.2) is 27.7 Å². The second-order valence-corrected chi connectivity index (χ2v) is 7.60. The highest BCUT2D eigenvalue weighted by Crippen LogP contribution is 2.24. The van der Waals surface area contributed by atoms with Crippen LogP contribution in [-0.2, 0) is 11.3 Å². The van der Waals surface area contributed by atoms with Gasteiger partial charge < -0.3 is 19.7 Å². The van der Waals surface area contributed by atoms with Gasteiger partial charge in [0.15, 0.2) is 18.2 Å². The van der Waals surface area contributed by atoms with Crippen molar-refractivity contribution in [2.24, 2.45) is 5.73 Å². The molecule has 0 radical (unpaired) electrons. The summed E-state index contributed by atoms with van der Waals surface area (Å²) >= 11 is 0. The lowest BCUT2D eigenvalue weighted by Crippen LogP contribution is -2.27. The third-order valence-electron chi connectivity index (χ3n) is 3.91. The molecule has 2 amide bonds. The molecule has 0 aliphatic heterocycles. The summed E-state index contributed by atoms with van der Waals surface area (Å²) < 4.78 is 43.2. The first-order chi connectivity index (χ1) is 15.0. The van der Waals surface area contributed by atoms with E-state index in [4.69, 9.17) is 19.7 Å². The number of nitrogens with one attached hydrogen (secondary N) is 1. The van der Waals surface area contributed by atoms with Crippen LogP contribution in [0.5, 0.6) is 5.75 Å². The van der Waals surface area contributed by atoms with Crippen molar-refractivity contribution in [3.05, 3.63) is 59.5 Å². The number of benzene rings is 2. The maximum Gasteiger partial charge on any atom is 0.412 e. The van der Waals surface area contributed by atoms with Crippen LogP contribution >= 0.6 is 0 Å². The zero-order chi connectivity index (χ0) is 23.5. The highest BCUT2D eigenvalue weighted by Gasteiger charge is 2.20. The summed E-state index contributed by atoms with van der Waals surface area (Å²) in [6.45, 7) is 4.95. The topological polar surface area (TPSA) is 130 Å². The molecule has 0 spiro atoms. The molecule has 9 nitrogen and oxygen atoms in total. The van der Waals surface area contributed by atoms with E-state index >= 15 is 0 Å². The fourth-order valence-electron chi connectivity index (χ4n) is 2.57. The molecule has 2 aromatic carbocycles. The third kappa shape index (κ3) is 5.56. The number of aromatic nitrogens is 2. The van der Waals surface area contributed by atoms with Gasteiger partial charge in [-0.2, -0.15) is 4.98 Å². The fraction of sp³-hybridized carbons (Fsp3) is 0.238. The minimum absolute atomic E-state index is 0.0142. The van der Waals surface area contributed by atoms with Crippen LogP contribution in [0.3, 0.4) is 0 Å². The van der Waals surface area contributed by atoms with Crippen molar-refractivity contribution < 1.29 is 32.4 Å². The van der Waals surface area contributed by atoms with Gasteiger partial charge >= 0.3 is 6.09 Å². The van der Waals surface area contributed by atoms with Gasteiger partial charge in [-0.25, -0.2) is 13.6 Å². The van der Waals surface area contributed by atoms with Crippen molar-refractivity contribution in [2.75, 3.05) is 5.32 Å². The summed E-state index contributed by atoms with van der Waals surface area (Å²) in [7, 11) is 0. The SMILES string of the molecule is CC(C)(C)OC(=O)Nc1ccc(-c2noc(COc3ccc(F)c(C(N)=O)c3F)n2)cc1. The van der Waals surface area contributed by atoms with Crippen molar-refractivity contribution in [3.8, 4) is 17.1 Å². The van der Waals surface area contributed by atoms with E-state index in [0.29, 0.717) is 11.3 Å². The summed E-state index contributed by atoms with van der Waals surface area (Å²) in [6, 6.07) is 8.45. The summed E-state index contributed by atoms with van der Waals surface area (Å²) in [4.78, 5) is 27.1. The Morgan fingerprint density at radius 3 is 2.44 bits per heavy atom. The first-order valence-corrected chi connectivity index (χ1v) is 9.37. The molecular formula is C21H20F2N4O5. The molecule has 32 heavy (non-hydrogen) atoms. The van der Waals surface area contributed by atoms with E-state index in [9.17, 15) is 18.4 Å². The van der Waals surface area contributed by atoms with Gasteiger partial charge in [0.1, 0.15) is 17.0 Å². The van der Waals surface area contributed by atoms with E-state index in [1.165, 1.54) is 0 Å². The molecule has 11 heteroatoms. The number of primary amides is 1. The number of ether oxygens (including phenoxy) is 2. The van der Waals surface area contributed by atoms with Crippen LogP contribution in [0.25, 0.3) is 11.4 Å². The fourth-order valence-corrected chi connectivity index (χ4v) is 2.57. The number of hydrogen-bond acceptors (Lipinski definition) is 7. The molecule has 0 bridgehead atoms. The van der Waals surface area contributed by atoms with Crippen LogP contribution in [0.2, 0.25) is 0 Å². The molecule has 168 valence electrons. The molecule has 3 aromatic rings. The van der Waals surface area contributed by atoms with E-state index in [2.05, 4.69) is 15.5 Å². The number of amides is 2. The van der Waals surface area contributed by atoms with Crippen molar-refractivity contribution in [1.82, 2.24) is 10.1 Å². The van der Waals surface area contributed by atoms with Gasteiger partial charge in [0.05, 0.1) is 0 Å². The second-order valence-electron chi connectivity index (χ2n) is 7.60. The Balaban J connectivity index is 1.65. The smallest absolute Gasteiger partial charge is 0.412 e. The van der Waals surface area contributed by atoms with Gasteiger partial charge in [-0.15, -0.1) is 0 Å². The number of halogens is 2. The zero-order valence-corrected chi connectivity index (χ0v) is 17.4. The lowest BCUT2D eigenvalue weighted by molar-refractivity contribution is 0.0635. The minimum Gasteiger partial charge on any atom is -0.481 e. The summed E-state index contributed by atoms with van der Waals surface area (Å²) in [5.41, 5.74) is 4.55. The largest absolute Gasteiger partial charge is 0.481 e. The van der Waals surface area contributed by atoms with E-state index in [0.717, 1.165) is 12.1 Å². The van der Waals surface area contributed by atoms with Crippen molar-refractivity contribution in [2.45, 2.75) is 33.0 Å². The molecule has 0 unspecified atom stereocenters. The van der Waals surface area contributed by atoms with E-state index in [1.807, 2.05) is 0 Å². The van der Waals surface area contributed by atoms with Crippen LogP contribution in [0.1, 0.15) is 37.0 Å². The minimum atomic E-state index is -1.25. The third-order valence-corrected chi connectivity index (χ3v) is 3.91. The predicted molar refractivity (Wildman–Crippen MR) is 109 cm³/mol. The Labute approximate surface area is 181 Å². The Morgan fingerprint density at radius 2 is 1.81 bits per heavy atom. The molecule has 0 aliphatic carbocycles. The molecule has 0 saturated heterocycles. The van der Waals surface area contributed by atoms with Crippen molar-refractivity contribution in [3.63, 3.8) is 0 Å². The molecule has 0 aliphatic rings. The van der Waals surface area contributed by atoms with Gasteiger partial charge in [-0.1, -0.05) is 5.16 Å². The van der Waals surface area contributed by atoms with Crippen LogP contribution in [0.4, 0.5) is 19.3 Å². The first kappa shape index (κ1) is 22.7. The summed E-state index contributed by atoms with van der Waals surface area (Å²) in [5.74, 6) is -3.71. The van der Waals surface area contributed by atoms with Gasteiger partial charge in [0, 0.05) is 11.3 Å². The van der Waals surface area contributed by atoms with Gasteiger partial charge in [-0.3, -0.25) is 10.1 Å². The van der Waals surface area contributed by atoms with Gasteiger partial charge in [-0.05, 0) is 57.2 Å². The van der Waals surface area contributed by atoms with Gasteiger partial charge in [0.2, 0.25) is 5.82 Å². The monoisotopic (exact) mass is 446 g/mol. The lowest BCUT2D eigenvalue weighted by Gasteiger charge is -2.19. The molecule has 1 heterocycles. The molecular weight excluding hydrogens is 426 g/mol. The van der Waals surface area contributed by atoms with Crippen molar-refractivity contribution in [1.29, 1.82) is 0 Å². The molecule has 1 aromatic heterocycles. The van der Waals surface area contributed by atoms with Gasteiger partial charge in [0.25, 0.3) is 11.8 Å². The molecule has 3 N–H and O–H groups in total. The number of carbonyl (C=O) groups excluding carboxylic acids is 2. The van der Waals surface area contributed by atoms with Crippen LogP contribution in [0, 0.1) is 11.6 Å². The Morgan fingerprint density at radius 1 is 1.12 bits per heavy atom. The normalized spacial score (nSPS) is 11.2. The average Bonchev–Trinajstić information content (AvgIpc) is 3.15. The van der Waals surface area contributed by atoms with Crippen molar-refractivity contribution >= 4 is 17.7 Å². The molecule has 3 rings (SSSR count). The predicted octanol–water partition coefficient (Wildman–Crippen LogP) is 4.04. The molecule has 0 atom stereocenters. The van der Waals surface area contributed by atoms with E-state index in [1.54, 1.807) is 45.0 Å². The number of nitrogens with zero attached hydrogens (tertiary/aromatic N) is 2. The molecule has 0 fully saturated rings. The van der Waals surface area contributed by atoms with E-state index < -0.39 is 40.5 Å². The lowest BCUT2D eigenvalue weighted by atomic mass is 10.1. The number of rotatable bonds is 6. The average molecular weight is 446 g/mol. The maximum atomic E-state index is 14.2. The van der Waals surface area contributed by atoms with Crippen LogP contribution in [0.15, 0.2) is 40.9 Å². The number of hydrogen-bond donors (Lipinski definition) is 2. The van der Waals surface area contributed by atoms with E-state index in [-0.39, 0.29) is 18.3 Å². The maximum absolute atomic E-state index is 14.2. The number of carbonyl (C=O) groups is 2. The van der Waals surface area contributed by atoms with Crippen LogP contribution < -0.4 is 15.8 Å². The zero-order valence-electron chi connectivity index (χ0n) is 17.4. The Kier molecular flexibility index (Phi) is 6.37. The second kappa shape index (κ2) is 9.00. The Bertz CT molecular complexity index is 1140.